The van der Waals surface area contributed by atoms with E-state index in [9.17, 15) is 14.7 Å². The Morgan fingerprint density at radius 2 is 1.68 bits per heavy atom. The number of carbonyl (C=O) groups excluding carboxylic acids is 1. The zero-order chi connectivity index (χ0) is 14.6. The van der Waals surface area contributed by atoms with Gasteiger partial charge in [0.15, 0.2) is 0 Å². The highest BCUT2D eigenvalue weighted by Crippen LogP contribution is 2.68. The molecule has 2 fully saturated rings. The summed E-state index contributed by atoms with van der Waals surface area (Å²) in [7, 11) is 0. The van der Waals surface area contributed by atoms with Crippen LogP contribution in [0.15, 0.2) is 0 Å². The van der Waals surface area contributed by atoms with Crippen LogP contribution >= 0.6 is 0 Å². The Morgan fingerprint density at radius 1 is 1.16 bits per heavy atom. The van der Waals surface area contributed by atoms with E-state index in [4.69, 9.17) is 4.74 Å². The minimum atomic E-state index is -1.03. The number of carboxylic acids is 1. The molecule has 1 heterocycles. The van der Waals surface area contributed by atoms with Crippen LogP contribution in [0.4, 0.5) is 0 Å². The molecule has 1 aliphatic heterocycles. The van der Waals surface area contributed by atoms with E-state index in [2.05, 4.69) is 33.0 Å². The largest absolute Gasteiger partial charge is 0.481 e. The van der Waals surface area contributed by atoms with E-state index < -0.39 is 17.4 Å². The first-order valence-electron chi connectivity index (χ1n) is 6.66. The van der Waals surface area contributed by atoms with Crippen molar-refractivity contribution in [2.75, 3.05) is 13.2 Å². The number of amides is 1. The summed E-state index contributed by atoms with van der Waals surface area (Å²) in [5.74, 6) is -1.05. The first-order chi connectivity index (χ1) is 8.55. The van der Waals surface area contributed by atoms with Gasteiger partial charge in [0, 0.05) is 5.92 Å². The maximum absolute atomic E-state index is 12.3. The maximum atomic E-state index is 12.3. The molecular weight excluding hydrogens is 246 g/mol. The van der Waals surface area contributed by atoms with Crippen LogP contribution in [0.3, 0.4) is 0 Å². The van der Waals surface area contributed by atoms with Crippen molar-refractivity contribution in [2.24, 2.45) is 22.2 Å². The van der Waals surface area contributed by atoms with Gasteiger partial charge in [-0.15, -0.1) is 0 Å². The van der Waals surface area contributed by atoms with Gasteiger partial charge in [0.05, 0.1) is 19.3 Å². The molecule has 1 aliphatic carbocycles. The van der Waals surface area contributed by atoms with E-state index in [0.29, 0.717) is 0 Å². The van der Waals surface area contributed by atoms with Crippen molar-refractivity contribution in [3.05, 3.63) is 0 Å². The van der Waals surface area contributed by atoms with Gasteiger partial charge in [0.1, 0.15) is 5.41 Å². The molecule has 0 bridgehead atoms. The van der Waals surface area contributed by atoms with Crippen molar-refractivity contribution in [3.8, 4) is 0 Å². The molecule has 5 heteroatoms. The molecule has 0 aromatic heterocycles. The summed E-state index contributed by atoms with van der Waals surface area (Å²) < 4.78 is 5.24. The summed E-state index contributed by atoms with van der Waals surface area (Å²) in [6, 6.07) is -0.454. The monoisotopic (exact) mass is 269 g/mol. The van der Waals surface area contributed by atoms with Crippen molar-refractivity contribution < 1.29 is 19.4 Å². The van der Waals surface area contributed by atoms with Crippen molar-refractivity contribution in [3.63, 3.8) is 0 Å². The average molecular weight is 269 g/mol. The predicted molar refractivity (Wildman–Crippen MR) is 69.5 cm³/mol. The average Bonchev–Trinajstić information content (AvgIpc) is 2.56. The zero-order valence-electron chi connectivity index (χ0n) is 12.2. The third-order valence-corrected chi connectivity index (χ3v) is 5.54. The van der Waals surface area contributed by atoms with Crippen LogP contribution in [0, 0.1) is 22.2 Å². The number of carbonyl (C=O) groups is 2. The Labute approximate surface area is 113 Å². The van der Waals surface area contributed by atoms with Crippen LogP contribution in [0.1, 0.15) is 34.6 Å². The molecule has 2 unspecified atom stereocenters. The molecule has 2 aliphatic rings. The van der Waals surface area contributed by atoms with Gasteiger partial charge in [0.25, 0.3) is 0 Å². The number of hydrogen-bond donors (Lipinski definition) is 2. The lowest BCUT2D eigenvalue weighted by atomic mass is 9.85. The lowest BCUT2D eigenvalue weighted by molar-refractivity contribution is -0.149. The summed E-state index contributed by atoms with van der Waals surface area (Å²) in [5.41, 5.74) is -1.12. The predicted octanol–water partition coefficient (Wildman–Crippen LogP) is 1.27. The molecule has 1 amide bonds. The van der Waals surface area contributed by atoms with E-state index in [1.807, 2.05) is 0 Å². The van der Waals surface area contributed by atoms with Crippen molar-refractivity contribution in [1.82, 2.24) is 5.32 Å². The highest BCUT2D eigenvalue weighted by molar-refractivity contribution is 5.85. The van der Waals surface area contributed by atoms with Gasteiger partial charge in [-0.2, -0.15) is 0 Å². The Kier molecular flexibility index (Phi) is 2.97. The first kappa shape index (κ1) is 14.3. The topological polar surface area (TPSA) is 75.6 Å². The van der Waals surface area contributed by atoms with Gasteiger partial charge in [-0.05, 0) is 17.8 Å². The summed E-state index contributed by atoms with van der Waals surface area (Å²) in [6.45, 7) is 10.3. The second-order valence-corrected chi connectivity index (χ2v) is 7.18. The molecule has 108 valence electrons. The lowest BCUT2D eigenvalue weighted by Gasteiger charge is -2.25. The highest BCUT2D eigenvalue weighted by atomic mass is 16.5. The van der Waals surface area contributed by atoms with Gasteiger partial charge < -0.3 is 15.2 Å². The number of aliphatic carboxylic acids is 1. The molecule has 0 spiro atoms. The van der Waals surface area contributed by atoms with Crippen LogP contribution < -0.4 is 5.32 Å². The minimum Gasteiger partial charge on any atom is -0.481 e. The fourth-order valence-electron chi connectivity index (χ4n) is 3.19. The maximum Gasteiger partial charge on any atom is 0.313 e. The number of hydrogen-bond acceptors (Lipinski definition) is 3. The number of rotatable bonds is 3. The van der Waals surface area contributed by atoms with Gasteiger partial charge in [-0.25, -0.2) is 0 Å². The molecule has 0 aromatic rings. The SMILES string of the molecule is CC1(C(=O)O)COCC1NC(=O)C1C(C)(C)C1(C)C. The fourth-order valence-corrected chi connectivity index (χ4v) is 3.19. The molecule has 19 heavy (non-hydrogen) atoms. The van der Waals surface area contributed by atoms with Crippen molar-refractivity contribution in [2.45, 2.75) is 40.7 Å². The summed E-state index contributed by atoms with van der Waals surface area (Å²) in [4.78, 5) is 23.7. The summed E-state index contributed by atoms with van der Waals surface area (Å²) in [6.07, 6.45) is 0. The fraction of sp³-hybridized carbons (Fsp3) is 0.857. The Balaban J connectivity index is 2.07. The summed E-state index contributed by atoms with van der Waals surface area (Å²) >= 11 is 0. The third kappa shape index (κ3) is 1.86. The van der Waals surface area contributed by atoms with E-state index in [0.717, 1.165) is 0 Å². The van der Waals surface area contributed by atoms with E-state index >= 15 is 0 Å². The molecule has 1 saturated carbocycles. The molecule has 0 radical (unpaired) electrons. The third-order valence-electron chi connectivity index (χ3n) is 5.54. The second-order valence-electron chi connectivity index (χ2n) is 7.18. The smallest absolute Gasteiger partial charge is 0.313 e. The van der Waals surface area contributed by atoms with Crippen LogP contribution in [0.25, 0.3) is 0 Å². The zero-order valence-corrected chi connectivity index (χ0v) is 12.2. The molecular formula is C14H23NO4. The molecule has 2 N–H and O–H groups in total. The molecule has 2 rings (SSSR count). The lowest BCUT2D eigenvalue weighted by Crippen LogP contribution is -2.50. The van der Waals surface area contributed by atoms with Gasteiger partial charge >= 0.3 is 5.97 Å². The van der Waals surface area contributed by atoms with Crippen LogP contribution in [-0.2, 0) is 14.3 Å². The summed E-state index contributed by atoms with van der Waals surface area (Å²) in [5, 5.41) is 12.2. The van der Waals surface area contributed by atoms with E-state index in [1.165, 1.54) is 0 Å². The van der Waals surface area contributed by atoms with Crippen LogP contribution in [0.5, 0.6) is 0 Å². The van der Waals surface area contributed by atoms with Gasteiger partial charge in [0.2, 0.25) is 5.91 Å². The van der Waals surface area contributed by atoms with Gasteiger partial charge in [-0.3, -0.25) is 9.59 Å². The molecule has 0 aromatic carbocycles. The standard InChI is InChI=1S/C14H23NO4/c1-12(2)9(13(12,3)4)10(16)15-8-6-19-7-14(8,5)11(17)18/h8-9H,6-7H2,1-5H3,(H,15,16)(H,17,18). The molecule has 2 atom stereocenters. The van der Waals surface area contributed by atoms with Gasteiger partial charge in [-0.1, -0.05) is 27.7 Å². The van der Waals surface area contributed by atoms with E-state index in [-0.39, 0.29) is 35.9 Å². The number of ether oxygens (including phenoxy) is 1. The van der Waals surface area contributed by atoms with E-state index in [1.54, 1.807) is 6.92 Å². The number of nitrogens with one attached hydrogen (secondary N) is 1. The second kappa shape index (κ2) is 3.95. The molecule has 1 saturated heterocycles. The molecule has 5 nitrogen and oxygen atoms in total. The Bertz CT molecular complexity index is 415. The minimum absolute atomic E-state index is 0.0455. The van der Waals surface area contributed by atoms with Crippen LogP contribution in [0.2, 0.25) is 0 Å². The van der Waals surface area contributed by atoms with Crippen molar-refractivity contribution in [1.29, 1.82) is 0 Å². The quantitative estimate of drug-likeness (QED) is 0.809. The van der Waals surface area contributed by atoms with Crippen LogP contribution in [-0.4, -0.2) is 36.2 Å². The van der Waals surface area contributed by atoms with Crippen molar-refractivity contribution >= 4 is 11.9 Å². The number of carboxylic acid groups (broad SMARTS) is 1. The Hall–Kier alpha value is -1.10. The normalized spacial score (nSPS) is 35.9. The Morgan fingerprint density at radius 3 is 2.11 bits per heavy atom. The highest BCUT2D eigenvalue weighted by Gasteiger charge is 2.68. The first-order valence-corrected chi connectivity index (χ1v) is 6.66.